The zero-order valence-electron chi connectivity index (χ0n) is 43.9. The summed E-state index contributed by atoms with van der Waals surface area (Å²) in [5, 5.41) is 17.7. The van der Waals surface area contributed by atoms with Gasteiger partial charge in [-0.05, 0) is 109 Å². The maximum atomic E-state index is 12.5. The third kappa shape index (κ3) is 17.2. The summed E-state index contributed by atoms with van der Waals surface area (Å²) in [6.45, 7) is 23.5. The van der Waals surface area contributed by atoms with E-state index in [1.807, 2.05) is 0 Å². The van der Waals surface area contributed by atoms with Gasteiger partial charge in [-0.15, -0.1) is 24.7 Å². The summed E-state index contributed by atoms with van der Waals surface area (Å²) < 4.78 is 85.1. The van der Waals surface area contributed by atoms with Gasteiger partial charge in [-0.2, -0.15) is 22.8 Å². The molecule has 0 unspecified atom stereocenters. The van der Waals surface area contributed by atoms with Crippen molar-refractivity contribution in [2.45, 2.75) is 180 Å². The minimum absolute atomic E-state index is 0.253. The number of likely N-dealkylation sites (tertiary alicyclic amines) is 2. The van der Waals surface area contributed by atoms with Gasteiger partial charge in [0.15, 0.2) is 0 Å². The summed E-state index contributed by atoms with van der Waals surface area (Å²) in [6, 6.07) is -2.83. The van der Waals surface area contributed by atoms with E-state index in [0.717, 1.165) is 58.0 Å². The smallest absolute Gasteiger partial charge is 0.418 e. The van der Waals surface area contributed by atoms with Gasteiger partial charge in [0.25, 0.3) is 0 Å². The van der Waals surface area contributed by atoms with Gasteiger partial charge in [-0.1, -0.05) is 60.3 Å². The number of nitrogens with two attached hydrogens (primary N) is 1. The number of nitrogens with zero attached hydrogens (tertiary/aromatic N) is 11. The second-order valence-corrected chi connectivity index (χ2v) is 22.9. The Morgan fingerprint density at radius 1 is 0.630 bits per heavy atom. The quantitative estimate of drug-likeness (QED) is 0.0757. The van der Waals surface area contributed by atoms with Crippen molar-refractivity contribution in [3.8, 4) is 0 Å². The summed E-state index contributed by atoms with van der Waals surface area (Å²) in [7, 11) is -9.77. The minimum Gasteiger partial charge on any atom is -0.724 e. The summed E-state index contributed by atoms with van der Waals surface area (Å²) in [5.74, 6) is 2.47. The van der Waals surface area contributed by atoms with Crippen molar-refractivity contribution in [3.63, 3.8) is 0 Å². The van der Waals surface area contributed by atoms with Gasteiger partial charge in [-0.25, -0.2) is 18.0 Å². The zero-order valence-corrected chi connectivity index (χ0v) is 45.6. The highest BCUT2D eigenvalue weighted by atomic mass is 32.3. The van der Waals surface area contributed by atoms with Crippen LogP contribution in [-0.4, -0.2) is 189 Å². The Bertz CT molecular complexity index is 2070. The minimum atomic E-state index is -5.01. The first-order chi connectivity index (χ1) is 34.8. The number of rotatable bonds is 24. The Kier molecular flexibility index (Phi) is 22.1. The van der Waals surface area contributed by atoms with Crippen LogP contribution in [0.5, 0.6) is 0 Å². The number of hydrogen-bond donors (Lipinski definition) is 2. The number of carbonyl (C=O) groups is 2. The molecule has 8 rings (SSSR count). The average Bonchev–Trinajstić information content (AvgIpc) is 4.14. The third-order valence-electron chi connectivity index (χ3n) is 15.3. The van der Waals surface area contributed by atoms with Crippen LogP contribution in [0.15, 0.2) is 8.83 Å². The largest absolute Gasteiger partial charge is 0.724 e. The number of carbonyl (C=O) groups excluding carboxylic acids is 2. The Morgan fingerprint density at radius 3 is 1.41 bits per heavy atom. The highest BCUT2D eigenvalue weighted by Crippen LogP contribution is 2.40. The van der Waals surface area contributed by atoms with Crippen molar-refractivity contribution in [2.75, 3.05) is 78.5 Å². The monoisotopic (exact) mass is 1070 g/mol. The molecule has 6 fully saturated rings. The average molecular weight is 1070 g/mol. The predicted octanol–water partition coefficient (Wildman–Crippen LogP) is 5.39. The van der Waals surface area contributed by atoms with Crippen LogP contribution in [0.3, 0.4) is 0 Å². The molecule has 2 aromatic heterocycles. The van der Waals surface area contributed by atoms with E-state index in [1.54, 1.807) is 0 Å². The number of piperidine rings is 4. The molecular weight excluding hydrogens is 989 g/mol. The summed E-state index contributed by atoms with van der Waals surface area (Å²) in [6.07, 6.45) is 18.7. The molecule has 4 atom stereocenters. The van der Waals surface area contributed by atoms with Crippen molar-refractivity contribution < 1.29 is 57.4 Å². The van der Waals surface area contributed by atoms with E-state index in [2.05, 4.69) is 73.4 Å². The van der Waals surface area contributed by atoms with Crippen molar-refractivity contribution in [2.24, 2.45) is 11.7 Å². The maximum absolute atomic E-state index is 12.5. The van der Waals surface area contributed by atoms with Gasteiger partial charge in [0.1, 0.15) is 12.1 Å². The zero-order chi connectivity index (χ0) is 52.8. The van der Waals surface area contributed by atoms with Gasteiger partial charge in [0.05, 0.1) is 38.3 Å². The molecule has 4 amide bonds. The molecule has 8 heterocycles. The lowest BCUT2D eigenvalue weighted by atomic mass is 9.99. The number of fused-ring (bicyclic) bond motifs is 4. The van der Waals surface area contributed by atoms with Crippen molar-refractivity contribution in [3.05, 3.63) is 23.6 Å². The fraction of sp³-hybridized carbons (Fsp3) is 0.872. The first-order valence-corrected chi connectivity index (χ1v) is 29.8. The van der Waals surface area contributed by atoms with E-state index < -0.39 is 57.0 Å². The molecule has 73 heavy (non-hydrogen) atoms. The van der Waals surface area contributed by atoms with E-state index in [4.69, 9.17) is 19.1 Å². The molecule has 0 saturated carbocycles. The highest BCUT2D eigenvalue weighted by molar-refractivity contribution is 7.81. The second-order valence-electron chi connectivity index (χ2n) is 20.9. The second kappa shape index (κ2) is 27.4. The highest BCUT2D eigenvalue weighted by Gasteiger charge is 2.50. The number of quaternary nitrogens is 1. The molecule has 24 nitrogen and oxygen atoms in total. The topological polar surface area (TPSA) is 287 Å². The van der Waals surface area contributed by atoms with Crippen LogP contribution in [0, 0.1) is 5.92 Å². The van der Waals surface area contributed by atoms with Crippen LogP contribution >= 0.6 is 0 Å². The lowest BCUT2D eigenvalue weighted by molar-refractivity contribution is -0.929. The lowest BCUT2D eigenvalue weighted by Gasteiger charge is -2.39. The summed E-state index contributed by atoms with van der Waals surface area (Å²) >= 11 is 0. The molecule has 6 aliphatic heterocycles. The number of hydrogen-bond acceptors (Lipinski definition) is 18. The Morgan fingerprint density at radius 2 is 1.03 bits per heavy atom. The molecule has 6 aliphatic rings. The normalized spacial score (nSPS) is 23.5. The van der Waals surface area contributed by atoms with Crippen LogP contribution in [0.25, 0.3) is 0 Å². The predicted molar refractivity (Wildman–Crippen MR) is 267 cm³/mol. The molecule has 4 bridgehead atoms. The molecule has 0 spiro atoms. The van der Waals surface area contributed by atoms with E-state index in [1.165, 1.54) is 105 Å². The van der Waals surface area contributed by atoms with Crippen LogP contribution < -0.4 is 5.73 Å². The summed E-state index contributed by atoms with van der Waals surface area (Å²) in [5.41, 5.74) is 5.92. The van der Waals surface area contributed by atoms with Crippen LogP contribution in [0.4, 0.5) is 9.59 Å². The van der Waals surface area contributed by atoms with Gasteiger partial charge in [-0.3, -0.25) is 4.55 Å². The van der Waals surface area contributed by atoms with E-state index in [9.17, 15) is 31.0 Å². The molecule has 3 N–H and O–H groups in total. The first kappa shape index (κ1) is 58.7. The molecule has 2 aromatic rings. The molecule has 0 aliphatic carbocycles. The fourth-order valence-corrected chi connectivity index (χ4v) is 11.6. The van der Waals surface area contributed by atoms with Gasteiger partial charge < -0.3 is 43.2 Å². The van der Waals surface area contributed by atoms with Gasteiger partial charge in [0.2, 0.25) is 34.0 Å². The molecule has 6 saturated heterocycles. The van der Waals surface area contributed by atoms with E-state index >= 15 is 0 Å². The summed E-state index contributed by atoms with van der Waals surface area (Å²) in [4.78, 5) is 32.5. The van der Waals surface area contributed by atoms with Gasteiger partial charge in [0, 0.05) is 45.1 Å². The van der Waals surface area contributed by atoms with Crippen LogP contribution in [-0.2, 0) is 42.2 Å². The van der Waals surface area contributed by atoms with E-state index in [-0.39, 0.29) is 19.1 Å². The molecule has 416 valence electrons. The van der Waals surface area contributed by atoms with Gasteiger partial charge >= 0.3 is 22.5 Å². The number of amides is 4. The molecule has 0 radical (unpaired) electrons. The molecular formula is C47H84N12O12S2. The molecule has 0 aromatic carbocycles. The third-order valence-corrected chi connectivity index (χ3v) is 16.0. The van der Waals surface area contributed by atoms with Crippen molar-refractivity contribution >= 4 is 32.9 Å². The Balaban J connectivity index is 0.000000185. The van der Waals surface area contributed by atoms with Crippen LogP contribution in [0.2, 0.25) is 0 Å². The maximum Gasteiger partial charge on any atom is 0.418 e. The molecule has 26 heteroatoms. The van der Waals surface area contributed by atoms with Crippen molar-refractivity contribution in [1.82, 2.24) is 50.1 Å². The number of urea groups is 2. The van der Waals surface area contributed by atoms with E-state index in [0.29, 0.717) is 72.2 Å². The number of unbranched alkanes of at least 4 members (excludes halogenated alkanes) is 4. The lowest BCUT2D eigenvalue weighted by Crippen LogP contribution is -2.50. The fourth-order valence-electron chi connectivity index (χ4n) is 10.8. The van der Waals surface area contributed by atoms with Crippen LogP contribution in [0.1, 0.15) is 173 Å². The Hall–Kier alpha value is -3.60. The number of aromatic nitrogens is 4. The first-order valence-electron chi connectivity index (χ1n) is 27.1. The SMILES string of the molecule is CC1CCN(CCc2nnc([C@@H]3CC[C@@H]4CN3C(=O)N4OS(=O)(=O)[O-])o2)CC1.CCCC[N+](CCCC)(CCCC)CCCC.NC1CCN(CCc2nnc([C@@H]3CC[C@@H]4CN3C(=O)N4OS(=O)(=O)O)o2)CC1. The van der Waals surface area contributed by atoms with Crippen molar-refractivity contribution in [1.29, 1.82) is 0 Å². The number of hydroxylamine groups is 4. The Labute approximate surface area is 433 Å². The standard InChI is InChI=1S/C16H25N5O6S.C16H36N.C15H24N6O6S/c1-11-4-7-19(8-5-11)9-6-14-17-18-15(26-14)13-3-2-12-10-20(13)16(22)21(12)27-28(23,24)25;1-5-9-13-17(14-10-6-2,15-11-7-3)16-12-8-4;16-10-3-6-19(7-4-10)8-5-13-17-18-14(26-13)12-2-1-11-9-20(12)15(22)21(11)27-28(23,24)25/h11-13H,2-10H2,1H3,(H,23,24,25);5-16H2,1-4H3;10-12H,1-9,16H2,(H,23,24,25)/q;+1;/p-1/t12-,13+;;11-,12+/m1.1/s1.